The predicted octanol–water partition coefficient (Wildman–Crippen LogP) is 1.61. The van der Waals surface area contributed by atoms with Crippen molar-refractivity contribution in [3.05, 3.63) is 23.8 Å². The van der Waals surface area contributed by atoms with Crippen LogP contribution in [-0.2, 0) is 16.0 Å². The SMILES string of the molecule is COc1ccc(CC(=O)N[C@@H]2C[C@H]3CO[C@@H](C4CC4)CN3C2)c(OC)c1. The molecule has 1 aromatic rings. The van der Waals surface area contributed by atoms with Gasteiger partial charge in [0, 0.05) is 36.8 Å². The van der Waals surface area contributed by atoms with E-state index in [9.17, 15) is 4.79 Å². The number of methoxy groups -OCH3 is 2. The quantitative estimate of drug-likeness (QED) is 0.835. The molecule has 3 aliphatic rings. The number of morpholine rings is 1. The van der Waals surface area contributed by atoms with E-state index in [0.29, 0.717) is 24.3 Å². The molecule has 0 bridgehead atoms. The number of carbonyl (C=O) groups excluding carboxylic acids is 1. The molecule has 0 unspecified atom stereocenters. The van der Waals surface area contributed by atoms with Gasteiger partial charge in [-0.1, -0.05) is 6.07 Å². The Morgan fingerprint density at radius 1 is 1.27 bits per heavy atom. The zero-order chi connectivity index (χ0) is 18.1. The van der Waals surface area contributed by atoms with Gasteiger partial charge in [-0.25, -0.2) is 0 Å². The summed E-state index contributed by atoms with van der Waals surface area (Å²) in [6.45, 7) is 2.76. The van der Waals surface area contributed by atoms with Crippen molar-refractivity contribution >= 4 is 5.91 Å². The zero-order valence-corrected chi connectivity index (χ0v) is 15.6. The summed E-state index contributed by atoms with van der Waals surface area (Å²) in [6.07, 6.45) is 4.32. The van der Waals surface area contributed by atoms with Gasteiger partial charge >= 0.3 is 0 Å². The normalized spacial score (nSPS) is 28.5. The third-order valence-electron chi connectivity index (χ3n) is 5.80. The molecule has 3 fully saturated rings. The van der Waals surface area contributed by atoms with Gasteiger partial charge in [0.1, 0.15) is 11.5 Å². The summed E-state index contributed by atoms with van der Waals surface area (Å²) >= 11 is 0. The largest absolute Gasteiger partial charge is 0.497 e. The minimum Gasteiger partial charge on any atom is -0.497 e. The summed E-state index contributed by atoms with van der Waals surface area (Å²) in [5.41, 5.74) is 0.874. The molecule has 6 heteroatoms. The predicted molar refractivity (Wildman–Crippen MR) is 97.6 cm³/mol. The maximum absolute atomic E-state index is 12.5. The van der Waals surface area contributed by atoms with Gasteiger partial charge in [0.25, 0.3) is 0 Å². The van der Waals surface area contributed by atoms with Crippen molar-refractivity contribution in [3.63, 3.8) is 0 Å². The number of ether oxygens (including phenoxy) is 3. The van der Waals surface area contributed by atoms with Crippen molar-refractivity contribution in [2.45, 2.75) is 43.9 Å². The molecule has 1 amide bonds. The second kappa shape index (κ2) is 7.45. The van der Waals surface area contributed by atoms with Crippen LogP contribution in [-0.4, -0.2) is 62.9 Å². The minimum atomic E-state index is 0.0398. The average Bonchev–Trinajstić information content (AvgIpc) is 3.42. The maximum atomic E-state index is 12.5. The highest BCUT2D eigenvalue weighted by atomic mass is 16.5. The van der Waals surface area contributed by atoms with Crippen LogP contribution in [0.3, 0.4) is 0 Å². The lowest BCUT2D eigenvalue weighted by molar-refractivity contribution is -0.121. The third kappa shape index (κ3) is 3.81. The summed E-state index contributed by atoms with van der Waals surface area (Å²) in [4.78, 5) is 15.0. The van der Waals surface area contributed by atoms with Gasteiger partial charge in [-0.15, -0.1) is 0 Å². The fraction of sp³-hybridized carbons (Fsp3) is 0.650. The van der Waals surface area contributed by atoms with Crippen molar-refractivity contribution < 1.29 is 19.0 Å². The standard InChI is InChI=1S/C20H28N2O4/c1-24-17-6-5-14(18(9-17)25-2)7-20(23)21-15-8-16-12-26-19(13-3-4-13)11-22(16)10-15/h5-6,9,13,15-16,19H,3-4,7-8,10-12H2,1-2H3,(H,21,23)/t15-,16+,19-/m1/s1. The van der Waals surface area contributed by atoms with E-state index < -0.39 is 0 Å². The topological polar surface area (TPSA) is 60.0 Å². The Hall–Kier alpha value is -1.79. The molecule has 1 saturated carbocycles. The second-order valence-electron chi connectivity index (χ2n) is 7.67. The Kier molecular flexibility index (Phi) is 5.05. The van der Waals surface area contributed by atoms with Crippen LogP contribution >= 0.6 is 0 Å². The number of hydrogen-bond acceptors (Lipinski definition) is 5. The van der Waals surface area contributed by atoms with E-state index in [1.165, 1.54) is 12.8 Å². The Labute approximate surface area is 154 Å². The van der Waals surface area contributed by atoms with Gasteiger partial charge in [0.15, 0.2) is 0 Å². The van der Waals surface area contributed by atoms with E-state index in [1.54, 1.807) is 14.2 Å². The minimum absolute atomic E-state index is 0.0398. The number of rotatable bonds is 6. The number of carbonyl (C=O) groups is 1. The molecule has 0 aromatic heterocycles. The van der Waals surface area contributed by atoms with Crippen molar-refractivity contribution in [2.24, 2.45) is 5.92 Å². The van der Waals surface area contributed by atoms with Crippen LogP contribution in [0, 0.1) is 5.92 Å². The van der Waals surface area contributed by atoms with E-state index in [1.807, 2.05) is 18.2 Å². The molecule has 0 radical (unpaired) electrons. The molecule has 3 atom stereocenters. The van der Waals surface area contributed by atoms with Crippen LogP contribution in [0.1, 0.15) is 24.8 Å². The zero-order valence-electron chi connectivity index (χ0n) is 15.6. The summed E-state index contributed by atoms with van der Waals surface area (Å²) in [5, 5.41) is 3.20. The lowest BCUT2D eigenvalue weighted by atomic mass is 10.1. The summed E-state index contributed by atoms with van der Waals surface area (Å²) in [5.74, 6) is 2.22. The van der Waals surface area contributed by atoms with Crippen LogP contribution in [0.2, 0.25) is 0 Å². The van der Waals surface area contributed by atoms with Crippen molar-refractivity contribution in [1.29, 1.82) is 0 Å². The molecule has 2 aliphatic heterocycles. The van der Waals surface area contributed by atoms with Crippen LogP contribution in [0.25, 0.3) is 0 Å². The number of nitrogens with one attached hydrogen (secondary N) is 1. The van der Waals surface area contributed by atoms with Gasteiger partial charge < -0.3 is 19.5 Å². The number of nitrogens with zero attached hydrogens (tertiary/aromatic N) is 1. The Morgan fingerprint density at radius 2 is 2.12 bits per heavy atom. The summed E-state index contributed by atoms with van der Waals surface area (Å²) in [6, 6.07) is 6.22. The molecule has 0 spiro atoms. The smallest absolute Gasteiger partial charge is 0.224 e. The van der Waals surface area contributed by atoms with E-state index in [4.69, 9.17) is 14.2 Å². The van der Waals surface area contributed by atoms with Gasteiger partial charge in [-0.3, -0.25) is 9.69 Å². The monoisotopic (exact) mass is 360 g/mol. The fourth-order valence-corrected chi connectivity index (χ4v) is 4.21. The first-order chi connectivity index (χ1) is 12.7. The number of hydrogen-bond donors (Lipinski definition) is 1. The molecule has 2 saturated heterocycles. The highest BCUT2D eigenvalue weighted by Gasteiger charge is 2.42. The van der Waals surface area contributed by atoms with Crippen LogP contribution in [0.5, 0.6) is 11.5 Å². The summed E-state index contributed by atoms with van der Waals surface area (Å²) in [7, 11) is 3.23. The first-order valence-electron chi connectivity index (χ1n) is 9.52. The fourth-order valence-electron chi connectivity index (χ4n) is 4.21. The third-order valence-corrected chi connectivity index (χ3v) is 5.80. The number of benzene rings is 1. The Balaban J connectivity index is 1.31. The maximum Gasteiger partial charge on any atom is 0.224 e. The molecular weight excluding hydrogens is 332 g/mol. The number of fused-ring (bicyclic) bond motifs is 1. The van der Waals surface area contributed by atoms with E-state index >= 15 is 0 Å². The lowest BCUT2D eigenvalue weighted by Gasteiger charge is -2.35. The van der Waals surface area contributed by atoms with Crippen LogP contribution in [0.4, 0.5) is 0 Å². The lowest BCUT2D eigenvalue weighted by Crippen LogP contribution is -2.47. The molecule has 6 nitrogen and oxygen atoms in total. The Bertz CT molecular complexity index is 661. The molecule has 4 rings (SSSR count). The van der Waals surface area contributed by atoms with Crippen molar-refractivity contribution in [1.82, 2.24) is 10.2 Å². The molecule has 1 aromatic carbocycles. The van der Waals surface area contributed by atoms with Crippen LogP contribution < -0.4 is 14.8 Å². The van der Waals surface area contributed by atoms with Crippen molar-refractivity contribution in [2.75, 3.05) is 33.9 Å². The highest BCUT2D eigenvalue weighted by Crippen LogP contribution is 2.37. The number of amides is 1. The van der Waals surface area contributed by atoms with Gasteiger partial charge in [0.05, 0.1) is 33.4 Å². The summed E-state index contributed by atoms with van der Waals surface area (Å²) < 4.78 is 16.6. The first-order valence-corrected chi connectivity index (χ1v) is 9.52. The molecule has 26 heavy (non-hydrogen) atoms. The van der Waals surface area contributed by atoms with Crippen LogP contribution in [0.15, 0.2) is 18.2 Å². The van der Waals surface area contributed by atoms with Gasteiger partial charge in [-0.05, 0) is 31.2 Å². The second-order valence-corrected chi connectivity index (χ2v) is 7.67. The molecule has 142 valence electrons. The van der Waals surface area contributed by atoms with E-state index in [-0.39, 0.29) is 11.9 Å². The molecular formula is C20H28N2O4. The highest BCUT2D eigenvalue weighted by molar-refractivity contribution is 5.79. The van der Waals surface area contributed by atoms with E-state index in [0.717, 1.165) is 43.3 Å². The Morgan fingerprint density at radius 3 is 2.85 bits per heavy atom. The van der Waals surface area contributed by atoms with Gasteiger partial charge in [-0.2, -0.15) is 0 Å². The van der Waals surface area contributed by atoms with Crippen molar-refractivity contribution in [3.8, 4) is 11.5 Å². The van der Waals surface area contributed by atoms with E-state index in [2.05, 4.69) is 10.2 Å². The average molecular weight is 360 g/mol. The molecule has 2 heterocycles. The first kappa shape index (κ1) is 17.6. The molecule has 1 N–H and O–H groups in total. The van der Waals surface area contributed by atoms with Gasteiger partial charge in [0.2, 0.25) is 5.91 Å². The molecule has 1 aliphatic carbocycles.